The van der Waals surface area contributed by atoms with Crippen molar-refractivity contribution in [3.05, 3.63) is 17.7 Å². The first kappa shape index (κ1) is 10.7. The minimum Gasteiger partial charge on any atom is -0.334 e. The van der Waals surface area contributed by atoms with Crippen LogP contribution in [0.15, 0.2) is 6.20 Å². The van der Waals surface area contributed by atoms with Gasteiger partial charge >= 0.3 is 0 Å². The van der Waals surface area contributed by atoms with Crippen molar-refractivity contribution in [1.82, 2.24) is 14.5 Å². The average Bonchev–Trinajstić information content (AvgIpc) is 2.56. The molecule has 2 heterocycles. The van der Waals surface area contributed by atoms with Crippen molar-refractivity contribution in [3.8, 4) is 0 Å². The van der Waals surface area contributed by atoms with Crippen LogP contribution in [0, 0.1) is 5.92 Å². The highest BCUT2D eigenvalue weighted by Gasteiger charge is 2.16. The Hall–Kier alpha value is -0.830. The SMILES string of the molecule is CC1CCc2nc(CCN(C)C)cn2C1. The maximum atomic E-state index is 4.69. The van der Waals surface area contributed by atoms with Gasteiger partial charge in [-0.15, -0.1) is 0 Å². The molecule has 15 heavy (non-hydrogen) atoms. The molecule has 0 bridgehead atoms. The molecule has 0 N–H and O–H groups in total. The third-order valence-corrected chi connectivity index (χ3v) is 3.09. The van der Waals surface area contributed by atoms with Crippen molar-refractivity contribution in [2.75, 3.05) is 20.6 Å². The van der Waals surface area contributed by atoms with Gasteiger partial charge in [-0.05, 0) is 26.4 Å². The molecule has 1 unspecified atom stereocenters. The number of aromatic nitrogens is 2. The highest BCUT2D eigenvalue weighted by molar-refractivity contribution is 5.07. The lowest BCUT2D eigenvalue weighted by molar-refractivity contribution is 0.394. The molecule has 1 aromatic heterocycles. The molecule has 0 radical (unpaired) electrons. The Kier molecular flexibility index (Phi) is 3.10. The first-order chi connectivity index (χ1) is 7.15. The van der Waals surface area contributed by atoms with E-state index in [1.54, 1.807) is 0 Å². The van der Waals surface area contributed by atoms with Gasteiger partial charge < -0.3 is 9.47 Å². The molecule has 0 saturated heterocycles. The molecule has 0 fully saturated rings. The largest absolute Gasteiger partial charge is 0.334 e. The lowest BCUT2D eigenvalue weighted by atomic mass is 10.0. The lowest BCUT2D eigenvalue weighted by Gasteiger charge is -2.19. The molecule has 1 aliphatic rings. The van der Waals surface area contributed by atoms with Gasteiger partial charge in [0.25, 0.3) is 0 Å². The molecular weight excluding hydrogens is 186 g/mol. The number of fused-ring (bicyclic) bond motifs is 1. The van der Waals surface area contributed by atoms with E-state index in [0.29, 0.717) is 0 Å². The van der Waals surface area contributed by atoms with Gasteiger partial charge in [0.05, 0.1) is 5.69 Å². The summed E-state index contributed by atoms with van der Waals surface area (Å²) >= 11 is 0. The third-order valence-electron chi connectivity index (χ3n) is 3.09. The van der Waals surface area contributed by atoms with Crippen molar-refractivity contribution < 1.29 is 0 Å². The van der Waals surface area contributed by atoms with Crippen LogP contribution in [0.1, 0.15) is 24.9 Å². The molecule has 1 aliphatic heterocycles. The highest BCUT2D eigenvalue weighted by atomic mass is 15.1. The molecule has 3 heteroatoms. The summed E-state index contributed by atoms with van der Waals surface area (Å²) in [7, 11) is 4.22. The zero-order chi connectivity index (χ0) is 10.8. The molecular formula is C12H21N3. The van der Waals surface area contributed by atoms with Gasteiger partial charge in [-0.1, -0.05) is 6.92 Å². The fraction of sp³-hybridized carbons (Fsp3) is 0.750. The van der Waals surface area contributed by atoms with Gasteiger partial charge in [0.15, 0.2) is 0 Å². The summed E-state index contributed by atoms with van der Waals surface area (Å²) in [5.41, 5.74) is 1.26. The molecule has 0 saturated carbocycles. The number of likely N-dealkylation sites (N-methyl/N-ethyl adjacent to an activating group) is 1. The Morgan fingerprint density at radius 3 is 3.07 bits per heavy atom. The molecule has 2 rings (SSSR count). The topological polar surface area (TPSA) is 21.1 Å². The average molecular weight is 207 g/mol. The van der Waals surface area contributed by atoms with Crippen LogP contribution in [0.25, 0.3) is 0 Å². The first-order valence-corrected chi connectivity index (χ1v) is 5.85. The summed E-state index contributed by atoms with van der Waals surface area (Å²) < 4.78 is 2.35. The van der Waals surface area contributed by atoms with E-state index >= 15 is 0 Å². The Labute approximate surface area is 92.1 Å². The Balaban J connectivity index is 2.03. The van der Waals surface area contributed by atoms with Crippen molar-refractivity contribution in [2.45, 2.75) is 32.7 Å². The van der Waals surface area contributed by atoms with Gasteiger partial charge in [-0.25, -0.2) is 4.98 Å². The van der Waals surface area contributed by atoms with Crippen molar-refractivity contribution in [1.29, 1.82) is 0 Å². The first-order valence-electron chi connectivity index (χ1n) is 5.85. The van der Waals surface area contributed by atoms with E-state index in [0.717, 1.165) is 31.8 Å². The minimum atomic E-state index is 0.813. The zero-order valence-corrected chi connectivity index (χ0v) is 10.0. The fourth-order valence-electron chi connectivity index (χ4n) is 2.13. The smallest absolute Gasteiger partial charge is 0.108 e. The van der Waals surface area contributed by atoms with Gasteiger partial charge in [-0.2, -0.15) is 0 Å². The highest BCUT2D eigenvalue weighted by Crippen LogP contribution is 2.19. The normalized spacial score (nSPS) is 20.7. The summed E-state index contributed by atoms with van der Waals surface area (Å²) in [5, 5.41) is 0. The predicted molar refractivity (Wildman–Crippen MR) is 62.0 cm³/mol. The number of nitrogens with zero attached hydrogens (tertiary/aromatic N) is 3. The molecule has 0 spiro atoms. The van der Waals surface area contributed by atoms with Crippen molar-refractivity contribution >= 4 is 0 Å². The second kappa shape index (κ2) is 4.35. The number of hydrogen-bond donors (Lipinski definition) is 0. The molecule has 3 nitrogen and oxygen atoms in total. The Bertz CT molecular complexity index is 328. The summed E-state index contributed by atoms with van der Waals surface area (Å²) in [4.78, 5) is 6.90. The maximum Gasteiger partial charge on any atom is 0.108 e. The number of imidazole rings is 1. The zero-order valence-electron chi connectivity index (χ0n) is 10.0. The van der Waals surface area contributed by atoms with Crippen LogP contribution in [-0.2, 0) is 19.4 Å². The van der Waals surface area contributed by atoms with Gasteiger partial charge in [-0.3, -0.25) is 0 Å². The lowest BCUT2D eigenvalue weighted by Crippen LogP contribution is -2.17. The van der Waals surface area contributed by atoms with E-state index < -0.39 is 0 Å². The second-order valence-electron chi connectivity index (χ2n) is 5.00. The summed E-state index contributed by atoms with van der Waals surface area (Å²) in [5.74, 6) is 2.11. The van der Waals surface area contributed by atoms with Crippen LogP contribution >= 0.6 is 0 Å². The van der Waals surface area contributed by atoms with Gasteiger partial charge in [0.1, 0.15) is 5.82 Å². The van der Waals surface area contributed by atoms with E-state index in [4.69, 9.17) is 4.98 Å². The van der Waals surface area contributed by atoms with Crippen LogP contribution in [-0.4, -0.2) is 35.1 Å². The van der Waals surface area contributed by atoms with Crippen LogP contribution < -0.4 is 0 Å². The summed E-state index contributed by atoms with van der Waals surface area (Å²) in [6, 6.07) is 0. The van der Waals surface area contributed by atoms with Gasteiger partial charge in [0, 0.05) is 32.1 Å². The Morgan fingerprint density at radius 1 is 1.53 bits per heavy atom. The van der Waals surface area contributed by atoms with Crippen molar-refractivity contribution in [2.24, 2.45) is 5.92 Å². The van der Waals surface area contributed by atoms with Gasteiger partial charge in [0.2, 0.25) is 0 Å². The second-order valence-corrected chi connectivity index (χ2v) is 5.00. The Morgan fingerprint density at radius 2 is 2.33 bits per heavy atom. The minimum absolute atomic E-state index is 0.813. The van der Waals surface area contributed by atoms with Crippen LogP contribution in [0.2, 0.25) is 0 Å². The monoisotopic (exact) mass is 207 g/mol. The standard InChI is InChI=1S/C12H21N3/c1-10-4-5-12-13-11(6-7-14(2)3)9-15(12)8-10/h9-10H,4-8H2,1-3H3. The van der Waals surface area contributed by atoms with E-state index in [2.05, 4.69) is 36.7 Å². The number of hydrogen-bond acceptors (Lipinski definition) is 2. The fourth-order valence-corrected chi connectivity index (χ4v) is 2.13. The molecule has 84 valence electrons. The number of aryl methyl sites for hydroxylation is 1. The molecule has 0 amide bonds. The molecule has 0 aromatic carbocycles. The van der Waals surface area contributed by atoms with E-state index in [1.807, 2.05) is 0 Å². The third kappa shape index (κ3) is 2.59. The summed E-state index contributed by atoms with van der Waals surface area (Å²) in [6.45, 7) is 4.57. The van der Waals surface area contributed by atoms with Crippen LogP contribution in [0.5, 0.6) is 0 Å². The van der Waals surface area contributed by atoms with E-state index in [-0.39, 0.29) is 0 Å². The maximum absolute atomic E-state index is 4.69. The van der Waals surface area contributed by atoms with Crippen LogP contribution in [0.4, 0.5) is 0 Å². The van der Waals surface area contributed by atoms with Crippen LogP contribution in [0.3, 0.4) is 0 Å². The predicted octanol–water partition coefficient (Wildman–Crippen LogP) is 1.57. The number of rotatable bonds is 3. The molecule has 1 atom stereocenters. The summed E-state index contributed by atoms with van der Waals surface area (Å²) in [6.07, 6.45) is 5.77. The molecule has 1 aromatic rings. The van der Waals surface area contributed by atoms with E-state index in [9.17, 15) is 0 Å². The quantitative estimate of drug-likeness (QED) is 0.750. The van der Waals surface area contributed by atoms with Crippen molar-refractivity contribution in [3.63, 3.8) is 0 Å². The van der Waals surface area contributed by atoms with E-state index in [1.165, 1.54) is 17.9 Å². The molecule has 0 aliphatic carbocycles.